The number of amides is 3. The lowest BCUT2D eigenvalue weighted by Crippen LogP contribution is -2.43. The molecular weight excluding hydrogens is 306 g/mol. The van der Waals surface area contributed by atoms with Gasteiger partial charge in [-0.2, -0.15) is 0 Å². The van der Waals surface area contributed by atoms with E-state index in [1.54, 1.807) is 17.3 Å². The molecular formula is C17H19N5O2. The summed E-state index contributed by atoms with van der Waals surface area (Å²) >= 11 is 0. The van der Waals surface area contributed by atoms with Gasteiger partial charge in [-0.1, -0.05) is 30.3 Å². The van der Waals surface area contributed by atoms with Gasteiger partial charge in [0.15, 0.2) is 5.82 Å². The average molecular weight is 325 g/mol. The Balaban J connectivity index is 1.58. The zero-order valence-electron chi connectivity index (χ0n) is 13.2. The number of likely N-dealkylation sites (tertiary alicyclic amines) is 1. The topological polar surface area (TPSA) is 101 Å². The van der Waals surface area contributed by atoms with Crippen LogP contribution in [0, 0.1) is 5.92 Å². The molecule has 0 saturated carbocycles. The van der Waals surface area contributed by atoms with Crippen LogP contribution in [0.25, 0.3) is 11.4 Å². The minimum absolute atomic E-state index is 0.137. The molecule has 0 radical (unpaired) electrons. The van der Waals surface area contributed by atoms with Crippen LogP contribution in [-0.4, -0.2) is 39.9 Å². The summed E-state index contributed by atoms with van der Waals surface area (Å²) in [5, 5.41) is 2.78. The molecule has 3 rings (SSSR count). The van der Waals surface area contributed by atoms with E-state index in [0.717, 1.165) is 5.56 Å². The number of primary amides is 1. The average Bonchev–Trinajstić information content (AvgIpc) is 2.63. The number of urea groups is 1. The fourth-order valence-electron chi connectivity index (χ4n) is 2.70. The van der Waals surface area contributed by atoms with Crippen LogP contribution in [0.3, 0.4) is 0 Å². The maximum absolute atomic E-state index is 12.2. The molecule has 0 unspecified atom stereocenters. The molecule has 1 aromatic heterocycles. The summed E-state index contributed by atoms with van der Waals surface area (Å²) in [7, 11) is 0. The van der Waals surface area contributed by atoms with Gasteiger partial charge in [-0.15, -0.1) is 0 Å². The number of carbonyl (C=O) groups is 2. The van der Waals surface area contributed by atoms with Gasteiger partial charge in [0.05, 0.1) is 18.1 Å². The molecule has 2 heterocycles. The fourth-order valence-corrected chi connectivity index (χ4v) is 2.70. The van der Waals surface area contributed by atoms with Gasteiger partial charge >= 0.3 is 6.03 Å². The fraction of sp³-hybridized carbons (Fsp3) is 0.294. The van der Waals surface area contributed by atoms with Gasteiger partial charge < -0.3 is 16.0 Å². The van der Waals surface area contributed by atoms with Crippen LogP contribution in [0.4, 0.5) is 10.5 Å². The van der Waals surface area contributed by atoms with Crippen LogP contribution < -0.4 is 11.1 Å². The summed E-state index contributed by atoms with van der Waals surface area (Å²) in [6.45, 7) is 1.03. The quantitative estimate of drug-likeness (QED) is 0.899. The molecule has 1 saturated heterocycles. The van der Waals surface area contributed by atoms with Crippen molar-refractivity contribution in [3.8, 4) is 11.4 Å². The number of piperidine rings is 1. The number of nitrogens with one attached hydrogen (secondary N) is 1. The molecule has 0 aliphatic carbocycles. The van der Waals surface area contributed by atoms with E-state index in [2.05, 4.69) is 15.3 Å². The standard InChI is InChI=1S/C17H19N5O2/c18-15(23)12-6-8-22(9-7-12)17(24)21-14-10-19-16(20-11-14)13-4-2-1-3-5-13/h1-5,10-12H,6-9H2,(H2,18,23)(H,21,24). The van der Waals surface area contributed by atoms with Gasteiger partial charge in [0.2, 0.25) is 5.91 Å². The Kier molecular flexibility index (Phi) is 4.69. The summed E-state index contributed by atoms with van der Waals surface area (Å²) in [5.41, 5.74) is 6.76. The Morgan fingerprint density at radius 2 is 1.71 bits per heavy atom. The zero-order chi connectivity index (χ0) is 16.9. The van der Waals surface area contributed by atoms with Crippen LogP contribution in [0.1, 0.15) is 12.8 Å². The summed E-state index contributed by atoms with van der Waals surface area (Å²) in [4.78, 5) is 33.6. The number of benzene rings is 1. The highest BCUT2D eigenvalue weighted by Crippen LogP contribution is 2.18. The minimum Gasteiger partial charge on any atom is -0.369 e. The van der Waals surface area contributed by atoms with E-state index in [9.17, 15) is 9.59 Å². The molecule has 7 heteroatoms. The van der Waals surface area contributed by atoms with E-state index in [1.165, 1.54) is 0 Å². The molecule has 0 spiro atoms. The van der Waals surface area contributed by atoms with Crippen LogP contribution in [0.2, 0.25) is 0 Å². The molecule has 1 aliphatic heterocycles. The van der Waals surface area contributed by atoms with Gasteiger partial charge in [-0.25, -0.2) is 14.8 Å². The second-order valence-corrected chi connectivity index (χ2v) is 5.76. The first kappa shape index (κ1) is 15.9. The first-order chi connectivity index (χ1) is 11.6. The van der Waals surface area contributed by atoms with Crippen LogP contribution in [-0.2, 0) is 4.79 Å². The van der Waals surface area contributed by atoms with E-state index in [-0.39, 0.29) is 17.9 Å². The van der Waals surface area contributed by atoms with Crippen molar-refractivity contribution < 1.29 is 9.59 Å². The van der Waals surface area contributed by atoms with Crippen molar-refractivity contribution in [3.63, 3.8) is 0 Å². The summed E-state index contributed by atoms with van der Waals surface area (Å²) in [5.74, 6) is 0.179. The van der Waals surface area contributed by atoms with E-state index >= 15 is 0 Å². The Hall–Kier alpha value is -2.96. The van der Waals surface area contributed by atoms with E-state index < -0.39 is 0 Å². The SMILES string of the molecule is NC(=O)C1CCN(C(=O)Nc2cnc(-c3ccccc3)nc2)CC1. The highest BCUT2D eigenvalue weighted by atomic mass is 16.2. The zero-order valence-corrected chi connectivity index (χ0v) is 13.2. The highest BCUT2D eigenvalue weighted by Gasteiger charge is 2.25. The summed E-state index contributed by atoms with van der Waals surface area (Å²) in [6, 6.07) is 9.41. The van der Waals surface area contributed by atoms with Crippen molar-refractivity contribution in [2.75, 3.05) is 18.4 Å². The van der Waals surface area contributed by atoms with Gasteiger partial charge in [-0.3, -0.25) is 4.79 Å². The molecule has 24 heavy (non-hydrogen) atoms. The molecule has 0 atom stereocenters. The normalized spacial score (nSPS) is 15.1. The van der Waals surface area contributed by atoms with Crippen molar-refractivity contribution in [1.29, 1.82) is 0 Å². The predicted octanol–water partition coefficient (Wildman–Crippen LogP) is 1.87. The minimum atomic E-state index is -0.292. The number of carbonyl (C=O) groups excluding carboxylic acids is 2. The van der Waals surface area contributed by atoms with Crippen molar-refractivity contribution in [2.24, 2.45) is 11.7 Å². The Labute approximate surface area is 139 Å². The maximum Gasteiger partial charge on any atom is 0.321 e. The highest BCUT2D eigenvalue weighted by molar-refractivity contribution is 5.89. The van der Waals surface area contributed by atoms with Gasteiger partial charge in [-0.05, 0) is 12.8 Å². The smallest absolute Gasteiger partial charge is 0.321 e. The number of rotatable bonds is 3. The molecule has 7 nitrogen and oxygen atoms in total. The van der Waals surface area contributed by atoms with Crippen LogP contribution >= 0.6 is 0 Å². The van der Waals surface area contributed by atoms with E-state index in [4.69, 9.17) is 5.73 Å². The lowest BCUT2D eigenvalue weighted by Gasteiger charge is -2.30. The van der Waals surface area contributed by atoms with Crippen molar-refractivity contribution in [2.45, 2.75) is 12.8 Å². The Morgan fingerprint density at radius 1 is 1.08 bits per heavy atom. The third-order valence-corrected chi connectivity index (χ3v) is 4.12. The molecule has 1 aliphatic rings. The monoisotopic (exact) mass is 325 g/mol. The van der Waals surface area contributed by atoms with E-state index in [1.807, 2.05) is 30.3 Å². The molecule has 124 valence electrons. The largest absolute Gasteiger partial charge is 0.369 e. The van der Waals surface area contributed by atoms with Crippen molar-refractivity contribution in [1.82, 2.24) is 14.9 Å². The second kappa shape index (κ2) is 7.08. The first-order valence-electron chi connectivity index (χ1n) is 7.86. The number of aromatic nitrogens is 2. The molecule has 2 aromatic rings. The second-order valence-electron chi connectivity index (χ2n) is 5.76. The van der Waals surface area contributed by atoms with Gasteiger partial charge in [0.1, 0.15) is 0 Å². The molecule has 0 bridgehead atoms. The molecule has 3 amide bonds. The van der Waals surface area contributed by atoms with Crippen LogP contribution in [0.15, 0.2) is 42.7 Å². The third-order valence-electron chi connectivity index (χ3n) is 4.12. The summed E-state index contributed by atoms with van der Waals surface area (Å²) < 4.78 is 0. The van der Waals surface area contributed by atoms with Crippen molar-refractivity contribution in [3.05, 3.63) is 42.7 Å². The Morgan fingerprint density at radius 3 is 2.29 bits per heavy atom. The number of anilines is 1. The lowest BCUT2D eigenvalue weighted by molar-refractivity contribution is -0.122. The predicted molar refractivity (Wildman–Crippen MR) is 90.0 cm³/mol. The molecule has 1 aromatic carbocycles. The lowest BCUT2D eigenvalue weighted by atomic mass is 9.96. The summed E-state index contributed by atoms with van der Waals surface area (Å²) in [6.07, 6.45) is 4.38. The number of hydrogen-bond acceptors (Lipinski definition) is 4. The first-order valence-corrected chi connectivity index (χ1v) is 7.86. The molecule has 1 fully saturated rings. The number of hydrogen-bond donors (Lipinski definition) is 2. The number of nitrogens with zero attached hydrogens (tertiary/aromatic N) is 3. The van der Waals surface area contributed by atoms with Crippen LogP contribution in [0.5, 0.6) is 0 Å². The van der Waals surface area contributed by atoms with Gasteiger partial charge in [0, 0.05) is 24.6 Å². The number of nitrogens with two attached hydrogens (primary N) is 1. The van der Waals surface area contributed by atoms with Gasteiger partial charge in [0.25, 0.3) is 0 Å². The van der Waals surface area contributed by atoms with Crippen molar-refractivity contribution >= 4 is 17.6 Å². The molecule has 3 N–H and O–H groups in total. The Bertz CT molecular complexity index is 710. The van der Waals surface area contributed by atoms with E-state index in [0.29, 0.717) is 37.4 Å². The third kappa shape index (κ3) is 3.68. The maximum atomic E-state index is 12.2.